The fourth-order valence-electron chi connectivity index (χ4n) is 5.06. The Balaban J connectivity index is 1.64. The third kappa shape index (κ3) is 3.30. The summed E-state index contributed by atoms with van der Waals surface area (Å²) in [6, 6.07) is 10.7. The molecule has 1 aromatic carbocycles. The number of rotatable bonds is 5. The van der Waals surface area contributed by atoms with Crippen molar-refractivity contribution in [3.05, 3.63) is 47.7 Å². The van der Waals surface area contributed by atoms with Crippen LogP contribution in [0.3, 0.4) is 0 Å². The second kappa shape index (κ2) is 6.81. The first-order valence-electron chi connectivity index (χ1n) is 10.4. The number of nitrogens with zero attached hydrogens (tertiary/aromatic N) is 2. The number of hydrogen-bond donors (Lipinski definition) is 1. The molecule has 2 aromatic rings. The van der Waals surface area contributed by atoms with E-state index < -0.39 is 0 Å². The highest BCUT2D eigenvalue weighted by Gasteiger charge is 2.39. The number of anilines is 1. The molecule has 2 aliphatic rings. The number of ketones is 1. The second-order valence-electron chi connectivity index (χ2n) is 9.10. The number of nitrogens with one attached hydrogen (secondary N) is 1. The molecule has 0 amide bonds. The van der Waals surface area contributed by atoms with Crippen LogP contribution in [0.5, 0.6) is 0 Å². The lowest BCUT2D eigenvalue weighted by molar-refractivity contribution is 0.0908. The molecule has 0 spiro atoms. The lowest BCUT2D eigenvalue weighted by atomic mass is 9.78. The summed E-state index contributed by atoms with van der Waals surface area (Å²) in [4.78, 5) is 13.3. The average Bonchev–Trinajstić information content (AvgIpc) is 3.30. The van der Waals surface area contributed by atoms with Gasteiger partial charge in [0.05, 0.1) is 23.3 Å². The molecule has 2 heterocycles. The van der Waals surface area contributed by atoms with Crippen molar-refractivity contribution in [1.82, 2.24) is 9.78 Å². The van der Waals surface area contributed by atoms with Crippen LogP contribution < -0.4 is 5.32 Å². The van der Waals surface area contributed by atoms with E-state index in [0.29, 0.717) is 6.42 Å². The number of fused-ring (bicyclic) bond motifs is 1. The number of hydrogen-bond acceptors (Lipinski definition) is 3. The number of carbonyl (C=O) groups excluding carboxylic acids is 1. The van der Waals surface area contributed by atoms with Crippen molar-refractivity contribution in [2.45, 2.75) is 77.3 Å². The minimum Gasteiger partial charge on any atom is -0.363 e. The van der Waals surface area contributed by atoms with E-state index in [1.807, 2.05) is 10.7 Å². The highest BCUT2D eigenvalue weighted by molar-refractivity contribution is 6.01. The Morgan fingerprint density at radius 3 is 2.59 bits per heavy atom. The van der Waals surface area contributed by atoms with E-state index in [-0.39, 0.29) is 22.8 Å². The zero-order chi connectivity index (χ0) is 19.1. The van der Waals surface area contributed by atoms with E-state index in [4.69, 9.17) is 0 Å². The molecule has 0 radical (unpaired) electrons. The van der Waals surface area contributed by atoms with E-state index >= 15 is 0 Å². The predicted molar refractivity (Wildman–Crippen MR) is 109 cm³/mol. The maximum Gasteiger partial charge on any atom is 0.168 e. The van der Waals surface area contributed by atoms with Gasteiger partial charge in [0.2, 0.25) is 0 Å². The van der Waals surface area contributed by atoms with Crippen LogP contribution in [-0.2, 0) is 5.54 Å². The molecule has 1 unspecified atom stereocenters. The lowest BCUT2D eigenvalue weighted by Crippen LogP contribution is -2.38. The third-order valence-corrected chi connectivity index (χ3v) is 6.81. The van der Waals surface area contributed by atoms with Crippen molar-refractivity contribution >= 4 is 11.6 Å². The molecule has 1 aliphatic carbocycles. The van der Waals surface area contributed by atoms with Crippen molar-refractivity contribution in [2.75, 3.05) is 5.32 Å². The van der Waals surface area contributed by atoms with E-state index in [2.05, 4.69) is 55.5 Å². The minimum absolute atomic E-state index is 0.130. The van der Waals surface area contributed by atoms with Crippen molar-refractivity contribution in [2.24, 2.45) is 5.41 Å². The molecule has 1 atom stereocenters. The summed E-state index contributed by atoms with van der Waals surface area (Å²) in [6.07, 6.45) is 9.36. The summed E-state index contributed by atoms with van der Waals surface area (Å²) in [5, 5.41) is 8.25. The van der Waals surface area contributed by atoms with Crippen LogP contribution in [0.4, 0.5) is 5.82 Å². The largest absolute Gasteiger partial charge is 0.363 e. The Hall–Kier alpha value is -2.10. The van der Waals surface area contributed by atoms with Crippen LogP contribution in [0, 0.1) is 5.41 Å². The minimum atomic E-state index is -0.130. The molecule has 4 nitrogen and oxygen atoms in total. The average molecular weight is 366 g/mol. The Kier molecular flexibility index (Phi) is 4.61. The summed E-state index contributed by atoms with van der Waals surface area (Å²) >= 11 is 0. The van der Waals surface area contributed by atoms with Gasteiger partial charge in [0, 0.05) is 6.42 Å². The number of benzene rings is 1. The van der Waals surface area contributed by atoms with E-state index in [9.17, 15) is 4.79 Å². The van der Waals surface area contributed by atoms with Gasteiger partial charge in [-0.1, -0.05) is 56.5 Å². The van der Waals surface area contributed by atoms with Gasteiger partial charge in [-0.15, -0.1) is 0 Å². The summed E-state index contributed by atoms with van der Waals surface area (Å²) in [7, 11) is 0. The van der Waals surface area contributed by atoms with Crippen molar-refractivity contribution < 1.29 is 4.79 Å². The Morgan fingerprint density at radius 2 is 1.93 bits per heavy atom. The van der Waals surface area contributed by atoms with Crippen molar-refractivity contribution in [3.8, 4) is 0 Å². The summed E-state index contributed by atoms with van der Waals surface area (Å²) in [6.45, 7) is 6.65. The Labute approximate surface area is 162 Å². The smallest absolute Gasteiger partial charge is 0.168 e. The molecule has 1 aliphatic heterocycles. The first kappa shape index (κ1) is 18.3. The van der Waals surface area contributed by atoms with Gasteiger partial charge in [0.15, 0.2) is 5.78 Å². The van der Waals surface area contributed by atoms with Gasteiger partial charge < -0.3 is 5.32 Å². The van der Waals surface area contributed by atoms with Gasteiger partial charge in [-0.2, -0.15) is 5.10 Å². The van der Waals surface area contributed by atoms with Gasteiger partial charge in [-0.05, 0) is 44.1 Å². The van der Waals surface area contributed by atoms with Crippen LogP contribution >= 0.6 is 0 Å². The molecule has 4 heteroatoms. The van der Waals surface area contributed by atoms with Gasteiger partial charge in [0.25, 0.3) is 0 Å². The van der Waals surface area contributed by atoms with Crippen molar-refractivity contribution in [1.29, 1.82) is 0 Å². The molecule has 0 saturated heterocycles. The molecule has 27 heavy (non-hydrogen) atoms. The fourth-order valence-corrected chi connectivity index (χ4v) is 5.06. The van der Waals surface area contributed by atoms with Crippen LogP contribution in [0.25, 0.3) is 0 Å². The highest BCUT2D eigenvalue weighted by Crippen LogP contribution is 2.46. The molecule has 1 aromatic heterocycles. The Bertz CT molecular complexity index is 815. The first-order valence-corrected chi connectivity index (χ1v) is 10.4. The maximum absolute atomic E-state index is 13.3. The zero-order valence-electron chi connectivity index (χ0n) is 16.8. The van der Waals surface area contributed by atoms with Crippen LogP contribution in [-0.4, -0.2) is 15.6 Å². The van der Waals surface area contributed by atoms with Crippen molar-refractivity contribution in [3.63, 3.8) is 0 Å². The summed E-state index contributed by atoms with van der Waals surface area (Å²) in [5.74, 6) is 1.14. The summed E-state index contributed by atoms with van der Waals surface area (Å²) in [5.41, 5.74) is 2.10. The van der Waals surface area contributed by atoms with Crippen LogP contribution in [0.2, 0.25) is 0 Å². The third-order valence-electron chi connectivity index (χ3n) is 6.81. The van der Waals surface area contributed by atoms with Gasteiger partial charge in [-0.3, -0.25) is 4.79 Å². The first-order chi connectivity index (χ1) is 12.9. The molecule has 144 valence electrons. The number of Topliss-reactive ketones (excluding diaryl/α,β-unsaturated/α-hetero) is 1. The topological polar surface area (TPSA) is 46.9 Å². The van der Waals surface area contributed by atoms with Gasteiger partial charge >= 0.3 is 0 Å². The highest BCUT2D eigenvalue weighted by atomic mass is 16.1. The standard InChI is InChI=1S/C23H31N3O/c1-4-23(12-8-9-13-23)15-20(27)18-16-24-26-21(18)25-19(14-22(26,2)3)17-10-6-5-7-11-17/h5-7,10-11,16,19,25H,4,8-9,12-15H2,1-3H3. The van der Waals surface area contributed by atoms with Gasteiger partial charge in [-0.25, -0.2) is 4.68 Å². The van der Waals surface area contributed by atoms with Gasteiger partial charge in [0.1, 0.15) is 5.82 Å². The molecule has 1 saturated carbocycles. The zero-order valence-corrected chi connectivity index (χ0v) is 16.8. The van der Waals surface area contributed by atoms with E-state index in [1.165, 1.54) is 31.2 Å². The fraction of sp³-hybridized carbons (Fsp3) is 0.565. The quantitative estimate of drug-likeness (QED) is 0.690. The second-order valence-corrected chi connectivity index (χ2v) is 9.10. The van der Waals surface area contributed by atoms with Crippen LogP contribution in [0.1, 0.15) is 87.7 Å². The maximum atomic E-state index is 13.3. The molecule has 0 bridgehead atoms. The molecule has 1 N–H and O–H groups in total. The number of aromatic nitrogens is 2. The monoisotopic (exact) mass is 365 g/mol. The van der Waals surface area contributed by atoms with E-state index in [0.717, 1.165) is 24.2 Å². The normalized spacial score (nSPS) is 22.9. The molecular weight excluding hydrogens is 334 g/mol. The number of carbonyl (C=O) groups is 1. The van der Waals surface area contributed by atoms with E-state index in [1.54, 1.807) is 6.20 Å². The molecular formula is C23H31N3O. The summed E-state index contributed by atoms with van der Waals surface area (Å²) < 4.78 is 2.02. The lowest BCUT2D eigenvalue weighted by Gasteiger charge is -2.38. The van der Waals surface area contributed by atoms with Crippen LogP contribution in [0.15, 0.2) is 36.5 Å². The Morgan fingerprint density at radius 1 is 1.22 bits per heavy atom. The molecule has 4 rings (SSSR count). The predicted octanol–water partition coefficient (Wildman–Crippen LogP) is 5.72. The SMILES string of the molecule is CCC1(CC(=O)c2cnn3c2NC(c2ccccc2)CC3(C)C)CCCC1. The molecule has 1 fully saturated rings.